The highest BCUT2D eigenvalue weighted by molar-refractivity contribution is 7.18. The minimum atomic E-state index is -0.411. The minimum absolute atomic E-state index is 0.191. The Balaban J connectivity index is 1.85. The van der Waals surface area contributed by atoms with E-state index in [9.17, 15) is 14.4 Å². The molecule has 0 fully saturated rings. The number of hydrogen-bond donors (Lipinski definition) is 2. The van der Waals surface area contributed by atoms with Crippen molar-refractivity contribution < 1.29 is 14.3 Å². The first-order chi connectivity index (χ1) is 13.3. The van der Waals surface area contributed by atoms with E-state index >= 15 is 0 Å². The van der Waals surface area contributed by atoms with Gasteiger partial charge in [0.1, 0.15) is 17.1 Å². The molecule has 2 heterocycles. The van der Waals surface area contributed by atoms with Crippen LogP contribution in [0.3, 0.4) is 0 Å². The molecule has 0 bridgehead atoms. The van der Waals surface area contributed by atoms with Crippen LogP contribution in [0.25, 0.3) is 10.2 Å². The summed E-state index contributed by atoms with van der Waals surface area (Å²) in [6.45, 7) is 5.02. The van der Waals surface area contributed by atoms with Crippen LogP contribution in [-0.4, -0.2) is 28.5 Å². The van der Waals surface area contributed by atoms with Crippen LogP contribution in [0.2, 0.25) is 0 Å². The number of nitrogens with one attached hydrogen (secondary N) is 2. The number of anilines is 2. The highest BCUT2D eigenvalue weighted by Crippen LogP contribution is 2.28. The Kier molecular flexibility index (Phi) is 5.46. The van der Waals surface area contributed by atoms with Crippen LogP contribution < -0.4 is 20.9 Å². The molecule has 0 spiro atoms. The first kappa shape index (κ1) is 19.6. The molecule has 3 rings (SSSR count). The monoisotopic (exact) mass is 400 g/mol. The molecular weight excluding hydrogens is 380 g/mol. The zero-order valence-corrected chi connectivity index (χ0v) is 16.8. The van der Waals surface area contributed by atoms with Gasteiger partial charge in [-0.15, -0.1) is 11.3 Å². The second-order valence-electron chi connectivity index (χ2n) is 6.29. The Morgan fingerprint density at radius 1 is 1.25 bits per heavy atom. The van der Waals surface area contributed by atoms with E-state index in [1.807, 2.05) is 13.8 Å². The lowest BCUT2D eigenvalue weighted by molar-refractivity contribution is -0.117. The first-order valence-electron chi connectivity index (χ1n) is 8.50. The Morgan fingerprint density at radius 3 is 2.68 bits per heavy atom. The van der Waals surface area contributed by atoms with Gasteiger partial charge in [0.15, 0.2) is 0 Å². The zero-order valence-electron chi connectivity index (χ0n) is 16.0. The van der Waals surface area contributed by atoms with E-state index in [1.54, 1.807) is 18.2 Å². The Labute approximate surface area is 165 Å². The smallest absolute Gasteiger partial charge is 0.262 e. The van der Waals surface area contributed by atoms with E-state index in [0.717, 1.165) is 10.4 Å². The highest BCUT2D eigenvalue weighted by Gasteiger charge is 2.15. The molecule has 0 saturated heterocycles. The predicted molar refractivity (Wildman–Crippen MR) is 109 cm³/mol. The number of benzene rings is 1. The van der Waals surface area contributed by atoms with Crippen LogP contribution >= 0.6 is 11.3 Å². The molecule has 1 aromatic carbocycles. The number of ether oxygens (including phenoxy) is 1. The molecule has 8 nitrogen and oxygen atoms in total. The van der Waals surface area contributed by atoms with Gasteiger partial charge in [0.25, 0.3) is 5.56 Å². The van der Waals surface area contributed by atoms with E-state index < -0.39 is 5.91 Å². The predicted octanol–water partition coefficient (Wildman–Crippen LogP) is 2.68. The largest absolute Gasteiger partial charge is 0.495 e. The third-order valence-electron chi connectivity index (χ3n) is 4.26. The number of nitrogens with zero attached hydrogens (tertiary/aromatic N) is 2. The fourth-order valence-corrected chi connectivity index (χ4v) is 3.80. The number of carbonyl (C=O) groups excluding carboxylic acids is 2. The molecular formula is C19H20N4O4S. The molecule has 2 N–H and O–H groups in total. The minimum Gasteiger partial charge on any atom is -0.495 e. The Morgan fingerprint density at radius 2 is 2.00 bits per heavy atom. The van der Waals surface area contributed by atoms with Crippen LogP contribution in [0.5, 0.6) is 5.75 Å². The van der Waals surface area contributed by atoms with Gasteiger partial charge in [-0.05, 0) is 37.6 Å². The summed E-state index contributed by atoms with van der Waals surface area (Å²) in [7, 11) is 1.48. The summed E-state index contributed by atoms with van der Waals surface area (Å²) in [5.74, 6) is -0.200. The lowest BCUT2D eigenvalue weighted by atomic mass is 10.2. The van der Waals surface area contributed by atoms with E-state index in [1.165, 1.54) is 36.3 Å². The van der Waals surface area contributed by atoms with Gasteiger partial charge in [0.2, 0.25) is 11.8 Å². The molecule has 0 aliphatic rings. The van der Waals surface area contributed by atoms with E-state index in [0.29, 0.717) is 27.3 Å². The van der Waals surface area contributed by atoms with Gasteiger partial charge in [0.05, 0.1) is 24.5 Å². The molecule has 2 amide bonds. The van der Waals surface area contributed by atoms with Crippen molar-refractivity contribution in [3.63, 3.8) is 0 Å². The fraction of sp³-hybridized carbons (Fsp3) is 0.263. The van der Waals surface area contributed by atoms with Gasteiger partial charge in [-0.3, -0.25) is 19.0 Å². The lowest BCUT2D eigenvalue weighted by Gasteiger charge is -2.13. The van der Waals surface area contributed by atoms with Crippen molar-refractivity contribution in [2.45, 2.75) is 27.3 Å². The molecule has 0 aliphatic carbocycles. The molecule has 0 saturated carbocycles. The van der Waals surface area contributed by atoms with E-state index in [-0.39, 0.29) is 18.0 Å². The third kappa shape index (κ3) is 3.89. The van der Waals surface area contributed by atoms with Crippen LogP contribution in [0.1, 0.15) is 17.4 Å². The summed E-state index contributed by atoms with van der Waals surface area (Å²) in [4.78, 5) is 42.5. The number of aromatic nitrogens is 2. The maximum Gasteiger partial charge on any atom is 0.262 e. The molecule has 0 radical (unpaired) electrons. The van der Waals surface area contributed by atoms with Gasteiger partial charge in [0, 0.05) is 17.5 Å². The molecule has 0 unspecified atom stereocenters. The van der Waals surface area contributed by atoms with Crippen molar-refractivity contribution in [2.24, 2.45) is 0 Å². The third-order valence-corrected chi connectivity index (χ3v) is 5.38. The average Bonchev–Trinajstić information content (AvgIpc) is 2.92. The van der Waals surface area contributed by atoms with Crippen molar-refractivity contribution in [1.82, 2.24) is 9.55 Å². The van der Waals surface area contributed by atoms with Crippen molar-refractivity contribution >= 4 is 44.7 Å². The van der Waals surface area contributed by atoms with Gasteiger partial charge in [-0.2, -0.15) is 0 Å². The van der Waals surface area contributed by atoms with Gasteiger partial charge >= 0.3 is 0 Å². The van der Waals surface area contributed by atoms with E-state index in [4.69, 9.17) is 4.74 Å². The van der Waals surface area contributed by atoms with Crippen molar-refractivity contribution in [3.8, 4) is 5.75 Å². The number of thiophene rings is 1. The zero-order chi connectivity index (χ0) is 20.4. The topological polar surface area (TPSA) is 102 Å². The van der Waals surface area contributed by atoms with Crippen LogP contribution in [0, 0.1) is 13.8 Å². The second kappa shape index (κ2) is 7.81. The van der Waals surface area contributed by atoms with Crippen LogP contribution in [-0.2, 0) is 16.1 Å². The standard InChI is InChI=1S/C19H20N4O4S/c1-10-11(2)28-18-17(10)19(26)23(9-20-18)8-16(25)22-14-7-13(21-12(3)24)5-6-15(14)27-4/h5-7,9H,8H2,1-4H3,(H,21,24)(H,22,25). The van der Waals surface area contributed by atoms with Crippen LogP contribution in [0.15, 0.2) is 29.3 Å². The second-order valence-corrected chi connectivity index (χ2v) is 7.49. The summed E-state index contributed by atoms with van der Waals surface area (Å²) >= 11 is 1.46. The average molecular weight is 400 g/mol. The van der Waals surface area contributed by atoms with Crippen molar-refractivity contribution in [1.29, 1.82) is 0 Å². The summed E-state index contributed by atoms with van der Waals surface area (Å²) in [6.07, 6.45) is 1.38. The molecule has 0 atom stereocenters. The summed E-state index contributed by atoms with van der Waals surface area (Å²) < 4.78 is 6.53. The first-order valence-corrected chi connectivity index (χ1v) is 9.32. The quantitative estimate of drug-likeness (QED) is 0.686. The molecule has 3 aromatic rings. The Bertz CT molecular complexity index is 1130. The highest BCUT2D eigenvalue weighted by atomic mass is 32.1. The number of methoxy groups -OCH3 is 1. The molecule has 28 heavy (non-hydrogen) atoms. The fourth-order valence-electron chi connectivity index (χ4n) is 2.81. The number of amides is 2. The van der Waals surface area contributed by atoms with Gasteiger partial charge in [-0.1, -0.05) is 0 Å². The number of rotatable bonds is 5. The number of hydrogen-bond acceptors (Lipinski definition) is 6. The number of aryl methyl sites for hydroxylation is 2. The van der Waals surface area contributed by atoms with Crippen molar-refractivity contribution in [2.75, 3.05) is 17.7 Å². The maximum absolute atomic E-state index is 12.7. The number of fused-ring (bicyclic) bond motifs is 1. The SMILES string of the molecule is COc1ccc(NC(C)=O)cc1NC(=O)Cn1cnc2sc(C)c(C)c2c1=O. The van der Waals surface area contributed by atoms with E-state index in [2.05, 4.69) is 15.6 Å². The molecule has 2 aromatic heterocycles. The van der Waals surface area contributed by atoms with Crippen molar-refractivity contribution in [3.05, 3.63) is 45.3 Å². The Hall–Kier alpha value is -3.20. The number of carbonyl (C=O) groups is 2. The summed E-state index contributed by atoms with van der Waals surface area (Å²) in [6, 6.07) is 4.90. The normalized spacial score (nSPS) is 10.7. The summed E-state index contributed by atoms with van der Waals surface area (Å²) in [5, 5.41) is 5.91. The summed E-state index contributed by atoms with van der Waals surface area (Å²) in [5.41, 5.74) is 1.55. The lowest BCUT2D eigenvalue weighted by Crippen LogP contribution is -2.28. The molecule has 9 heteroatoms. The van der Waals surface area contributed by atoms with Crippen LogP contribution in [0.4, 0.5) is 11.4 Å². The molecule has 0 aliphatic heterocycles. The van der Waals surface area contributed by atoms with Gasteiger partial charge < -0.3 is 15.4 Å². The maximum atomic E-state index is 12.7. The molecule has 146 valence electrons. The van der Waals surface area contributed by atoms with Gasteiger partial charge in [-0.25, -0.2) is 4.98 Å².